The molecule has 0 radical (unpaired) electrons. The molecule has 1 aliphatic rings. The van der Waals surface area contributed by atoms with Gasteiger partial charge in [-0.25, -0.2) is 0 Å². The summed E-state index contributed by atoms with van der Waals surface area (Å²) in [6.07, 6.45) is 6.26. The van der Waals surface area contributed by atoms with Gasteiger partial charge in [-0.3, -0.25) is 4.79 Å². The summed E-state index contributed by atoms with van der Waals surface area (Å²) in [7, 11) is 0. The van der Waals surface area contributed by atoms with Crippen molar-refractivity contribution in [1.82, 2.24) is 0 Å². The number of carbonyl (C=O) groups excluding carboxylic acids is 1. The van der Waals surface area contributed by atoms with Crippen LogP contribution >= 0.6 is 0 Å². The van der Waals surface area contributed by atoms with E-state index in [9.17, 15) is 4.79 Å². The fraction of sp³-hybridized carbons (Fsp3) is 0.0833. The van der Waals surface area contributed by atoms with E-state index in [2.05, 4.69) is 0 Å². The van der Waals surface area contributed by atoms with Crippen molar-refractivity contribution in [3.63, 3.8) is 0 Å². The van der Waals surface area contributed by atoms with E-state index >= 15 is 0 Å². The average molecular weight is 170 g/mol. The maximum Gasteiger partial charge on any atom is 0.166 e. The summed E-state index contributed by atoms with van der Waals surface area (Å²) in [4.78, 5) is 11.2. The number of rotatable bonds is 1. The van der Waals surface area contributed by atoms with Crippen molar-refractivity contribution in [2.75, 3.05) is 0 Å². The molecule has 0 heterocycles. The second-order valence-corrected chi connectivity index (χ2v) is 3.04. The van der Waals surface area contributed by atoms with Gasteiger partial charge in [0, 0.05) is 12.0 Å². The van der Waals surface area contributed by atoms with Gasteiger partial charge < -0.3 is 0 Å². The van der Waals surface area contributed by atoms with Crippen LogP contribution in [-0.2, 0) is 4.79 Å². The van der Waals surface area contributed by atoms with Crippen LogP contribution in [0.2, 0.25) is 0 Å². The van der Waals surface area contributed by atoms with E-state index in [1.54, 1.807) is 0 Å². The number of hydrogen-bond acceptors (Lipinski definition) is 1. The van der Waals surface area contributed by atoms with Gasteiger partial charge in [0.1, 0.15) is 0 Å². The molecule has 0 unspecified atom stereocenters. The molecule has 1 heteroatoms. The Labute approximate surface area is 77.4 Å². The Morgan fingerprint density at radius 3 is 2.54 bits per heavy atom. The van der Waals surface area contributed by atoms with Crippen molar-refractivity contribution in [2.45, 2.75) is 6.42 Å². The highest BCUT2D eigenvalue weighted by atomic mass is 16.1. The van der Waals surface area contributed by atoms with E-state index in [-0.39, 0.29) is 5.78 Å². The molecular weight excluding hydrogens is 160 g/mol. The van der Waals surface area contributed by atoms with Crippen LogP contribution in [0.3, 0.4) is 0 Å². The molecule has 0 amide bonds. The quantitative estimate of drug-likeness (QED) is 0.592. The van der Waals surface area contributed by atoms with Crippen LogP contribution in [0.1, 0.15) is 12.0 Å². The van der Waals surface area contributed by atoms with Crippen LogP contribution in [0.25, 0.3) is 6.08 Å². The predicted octanol–water partition coefficient (Wildman–Crippen LogP) is 2.60. The first kappa shape index (κ1) is 7.99. The molecule has 2 rings (SSSR count). The highest BCUT2D eigenvalue weighted by Gasteiger charge is 2.09. The lowest BCUT2D eigenvalue weighted by Crippen LogP contribution is -1.91. The molecule has 0 bridgehead atoms. The standard InChI is InChI=1S/C12H10O/c13-12-8-4-7-11(12)9-10-5-2-1-3-6-10/h1-7,9H,8H2/b11-9+. The third-order valence-corrected chi connectivity index (χ3v) is 2.04. The second kappa shape index (κ2) is 3.40. The Kier molecular flexibility index (Phi) is 2.09. The number of hydrogen-bond donors (Lipinski definition) is 0. The second-order valence-electron chi connectivity index (χ2n) is 3.04. The number of carbonyl (C=O) groups is 1. The van der Waals surface area contributed by atoms with Gasteiger partial charge in [-0.1, -0.05) is 42.5 Å². The van der Waals surface area contributed by atoms with E-state index in [4.69, 9.17) is 0 Å². The van der Waals surface area contributed by atoms with Gasteiger partial charge in [0.2, 0.25) is 0 Å². The van der Waals surface area contributed by atoms with Gasteiger partial charge in [0.15, 0.2) is 5.78 Å². The number of Topliss-reactive ketones (excluding diaryl/α,β-unsaturated/α-hetero) is 1. The van der Waals surface area contributed by atoms with Gasteiger partial charge in [-0.05, 0) is 11.6 Å². The maximum atomic E-state index is 11.2. The van der Waals surface area contributed by atoms with Gasteiger partial charge in [-0.2, -0.15) is 0 Å². The fourth-order valence-electron chi connectivity index (χ4n) is 1.36. The zero-order chi connectivity index (χ0) is 9.10. The highest BCUT2D eigenvalue weighted by Crippen LogP contribution is 2.15. The lowest BCUT2D eigenvalue weighted by Gasteiger charge is -1.94. The minimum absolute atomic E-state index is 0.212. The maximum absolute atomic E-state index is 11.2. The minimum atomic E-state index is 0.212. The number of ketones is 1. The Balaban J connectivity index is 2.30. The Morgan fingerprint density at radius 2 is 1.92 bits per heavy atom. The molecule has 0 aromatic heterocycles. The van der Waals surface area contributed by atoms with Crippen LogP contribution in [0.4, 0.5) is 0 Å². The molecule has 0 atom stereocenters. The lowest BCUT2D eigenvalue weighted by atomic mass is 10.1. The van der Waals surface area contributed by atoms with Crippen molar-refractivity contribution >= 4 is 11.9 Å². The Hall–Kier alpha value is -1.63. The van der Waals surface area contributed by atoms with Crippen molar-refractivity contribution < 1.29 is 4.79 Å². The van der Waals surface area contributed by atoms with Crippen LogP contribution in [0.15, 0.2) is 48.1 Å². The van der Waals surface area contributed by atoms with Crippen molar-refractivity contribution in [3.8, 4) is 0 Å². The molecule has 0 saturated carbocycles. The predicted molar refractivity (Wildman–Crippen MR) is 53.2 cm³/mol. The molecule has 64 valence electrons. The molecule has 1 aliphatic carbocycles. The Bertz CT molecular complexity index is 371. The van der Waals surface area contributed by atoms with Crippen molar-refractivity contribution in [1.29, 1.82) is 0 Å². The summed E-state index contributed by atoms with van der Waals surface area (Å²) >= 11 is 0. The van der Waals surface area contributed by atoms with Gasteiger partial charge in [-0.15, -0.1) is 0 Å². The van der Waals surface area contributed by atoms with Crippen LogP contribution in [-0.4, -0.2) is 5.78 Å². The molecular formula is C12H10O. The van der Waals surface area contributed by atoms with E-state index in [1.807, 2.05) is 48.6 Å². The average Bonchev–Trinajstić information content (AvgIpc) is 2.54. The van der Waals surface area contributed by atoms with Crippen LogP contribution in [0.5, 0.6) is 0 Å². The molecule has 1 aromatic rings. The van der Waals surface area contributed by atoms with Crippen LogP contribution < -0.4 is 0 Å². The summed E-state index contributed by atoms with van der Waals surface area (Å²) in [6.45, 7) is 0. The highest BCUT2D eigenvalue weighted by molar-refractivity contribution is 6.05. The number of allylic oxidation sites excluding steroid dienone is 3. The van der Waals surface area contributed by atoms with E-state index in [0.29, 0.717) is 6.42 Å². The SMILES string of the molecule is O=C1CC=C/C1=C\c1ccccc1. The largest absolute Gasteiger partial charge is 0.294 e. The molecule has 1 nitrogen and oxygen atoms in total. The molecule has 0 N–H and O–H groups in total. The molecule has 13 heavy (non-hydrogen) atoms. The molecule has 0 saturated heterocycles. The zero-order valence-electron chi connectivity index (χ0n) is 7.23. The van der Waals surface area contributed by atoms with Gasteiger partial charge in [0.25, 0.3) is 0 Å². The summed E-state index contributed by atoms with van der Waals surface area (Å²) in [5, 5.41) is 0. The van der Waals surface area contributed by atoms with Gasteiger partial charge >= 0.3 is 0 Å². The summed E-state index contributed by atoms with van der Waals surface area (Å²) in [6, 6.07) is 9.89. The summed E-state index contributed by atoms with van der Waals surface area (Å²) < 4.78 is 0. The van der Waals surface area contributed by atoms with Crippen LogP contribution in [0, 0.1) is 0 Å². The smallest absolute Gasteiger partial charge is 0.166 e. The number of benzene rings is 1. The third kappa shape index (κ3) is 1.75. The van der Waals surface area contributed by atoms with Crippen molar-refractivity contribution in [3.05, 3.63) is 53.6 Å². The van der Waals surface area contributed by atoms with Crippen molar-refractivity contribution in [2.24, 2.45) is 0 Å². The minimum Gasteiger partial charge on any atom is -0.294 e. The topological polar surface area (TPSA) is 17.1 Å². The van der Waals surface area contributed by atoms with E-state index in [0.717, 1.165) is 11.1 Å². The van der Waals surface area contributed by atoms with Gasteiger partial charge in [0.05, 0.1) is 0 Å². The first-order chi connectivity index (χ1) is 6.36. The zero-order valence-corrected chi connectivity index (χ0v) is 7.23. The monoisotopic (exact) mass is 170 g/mol. The summed E-state index contributed by atoms with van der Waals surface area (Å²) in [5.41, 5.74) is 1.89. The van der Waals surface area contributed by atoms with E-state index < -0.39 is 0 Å². The molecule has 0 fully saturated rings. The fourth-order valence-corrected chi connectivity index (χ4v) is 1.36. The lowest BCUT2D eigenvalue weighted by molar-refractivity contribution is -0.114. The first-order valence-electron chi connectivity index (χ1n) is 4.33. The third-order valence-electron chi connectivity index (χ3n) is 2.04. The first-order valence-corrected chi connectivity index (χ1v) is 4.33. The summed E-state index contributed by atoms with van der Waals surface area (Å²) in [5.74, 6) is 0.212. The Morgan fingerprint density at radius 1 is 1.15 bits per heavy atom. The molecule has 1 aromatic carbocycles. The van der Waals surface area contributed by atoms with E-state index in [1.165, 1.54) is 0 Å². The molecule has 0 spiro atoms. The normalized spacial score (nSPS) is 18.5. The molecule has 0 aliphatic heterocycles.